The van der Waals surface area contributed by atoms with Gasteiger partial charge in [0, 0.05) is 12.0 Å². The van der Waals surface area contributed by atoms with Crippen LogP contribution in [0.1, 0.15) is 60.4 Å². The molecule has 1 saturated heterocycles. The Morgan fingerprint density at radius 1 is 1.03 bits per heavy atom. The molecule has 0 N–H and O–H groups in total. The number of rotatable bonds is 2. The Kier molecular flexibility index (Phi) is 4.65. The highest BCUT2D eigenvalue weighted by molar-refractivity contribution is 7.89. The van der Waals surface area contributed by atoms with Gasteiger partial charge in [0.2, 0.25) is 10.0 Å². The molecule has 0 aromatic heterocycles. The van der Waals surface area contributed by atoms with Crippen LogP contribution in [0.25, 0.3) is 5.57 Å². The normalized spacial score (nSPS) is 26.1. The van der Waals surface area contributed by atoms with E-state index in [9.17, 15) is 21.6 Å². The highest BCUT2D eigenvalue weighted by Gasteiger charge is 2.57. The molecule has 7 heteroatoms. The minimum Gasteiger partial charge on any atom is -0.207 e. The summed E-state index contributed by atoms with van der Waals surface area (Å²) in [6.45, 7) is 2.20. The van der Waals surface area contributed by atoms with E-state index in [2.05, 4.69) is 6.08 Å². The number of nitrogens with zero attached hydrogens (tertiary/aromatic N) is 1. The number of halogens is 3. The number of piperidine rings is 1. The van der Waals surface area contributed by atoms with Crippen LogP contribution >= 0.6 is 0 Å². The maximum atomic E-state index is 13.7. The standard InChI is InChI=1S/C24H24F3NO2S/c1-16-6-9-18(10-7-16)31(29,30)28-14-4-13-23-12-3-2-5-21(23)19-11-8-17(24(25,26)27)15-20(19)22(23)28/h5-11,15,22H,2-4,12-14H2,1H3/t22-,23+/m0/s1. The van der Waals surface area contributed by atoms with Crippen molar-refractivity contribution < 1.29 is 21.6 Å². The van der Waals surface area contributed by atoms with Gasteiger partial charge in [0.05, 0.1) is 16.5 Å². The van der Waals surface area contributed by atoms with Crippen molar-refractivity contribution in [3.05, 3.63) is 70.8 Å². The quantitative estimate of drug-likeness (QED) is 0.557. The first-order chi connectivity index (χ1) is 14.6. The van der Waals surface area contributed by atoms with Gasteiger partial charge < -0.3 is 0 Å². The van der Waals surface area contributed by atoms with Crippen molar-refractivity contribution in [2.24, 2.45) is 5.41 Å². The van der Waals surface area contributed by atoms with E-state index < -0.39 is 33.2 Å². The van der Waals surface area contributed by atoms with Crippen LogP contribution in [-0.4, -0.2) is 19.3 Å². The summed E-state index contributed by atoms with van der Waals surface area (Å²) in [5.74, 6) is 0. The molecule has 1 fully saturated rings. The first kappa shape index (κ1) is 20.8. The molecule has 0 unspecified atom stereocenters. The molecular formula is C24H24F3NO2S. The highest BCUT2D eigenvalue weighted by Crippen LogP contribution is 2.65. The molecule has 3 aliphatic rings. The van der Waals surface area contributed by atoms with Gasteiger partial charge in [-0.1, -0.05) is 29.8 Å². The highest BCUT2D eigenvalue weighted by atomic mass is 32.2. The Labute approximate surface area is 180 Å². The zero-order chi connectivity index (χ0) is 22.0. The maximum absolute atomic E-state index is 13.7. The Bertz CT molecular complexity index is 1170. The molecule has 5 rings (SSSR count). The van der Waals surface area contributed by atoms with Crippen LogP contribution in [0, 0.1) is 12.3 Å². The van der Waals surface area contributed by atoms with Gasteiger partial charge in [-0.2, -0.15) is 17.5 Å². The van der Waals surface area contributed by atoms with Gasteiger partial charge >= 0.3 is 6.18 Å². The van der Waals surface area contributed by atoms with Crippen molar-refractivity contribution in [3.8, 4) is 0 Å². The van der Waals surface area contributed by atoms with E-state index in [0.29, 0.717) is 18.5 Å². The van der Waals surface area contributed by atoms with E-state index in [1.807, 2.05) is 6.92 Å². The third-order valence-electron chi connectivity index (χ3n) is 7.12. The van der Waals surface area contributed by atoms with E-state index >= 15 is 0 Å². The number of allylic oxidation sites excluding steroid dienone is 1. The summed E-state index contributed by atoms with van der Waals surface area (Å²) in [5.41, 5.74) is 2.10. The lowest BCUT2D eigenvalue weighted by molar-refractivity contribution is -0.137. The van der Waals surface area contributed by atoms with Crippen LogP contribution < -0.4 is 0 Å². The minimum atomic E-state index is -4.47. The smallest absolute Gasteiger partial charge is 0.207 e. The molecule has 0 amide bonds. The Hall–Kier alpha value is -2.12. The zero-order valence-electron chi connectivity index (χ0n) is 17.2. The summed E-state index contributed by atoms with van der Waals surface area (Å²) in [6, 6.07) is 9.94. The van der Waals surface area contributed by atoms with Gasteiger partial charge in [0.15, 0.2) is 0 Å². The van der Waals surface area contributed by atoms with E-state index in [-0.39, 0.29) is 4.90 Å². The number of fused-ring (bicyclic) bond motifs is 3. The molecule has 2 aromatic carbocycles. The lowest BCUT2D eigenvalue weighted by Crippen LogP contribution is -2.47. The molecule has 0 saturated carbocycles. The van der Waals surface area contributed by atoms with Gasteiger partial charge in [-0.25, -0.2) is 8.42 Å². The monoisotopic (exact) mass is 447 g/mol. The van der Waals surface area contributed by atoms with E-state index in [1.165, 1.54) is 10.4 Å². The molecule has 1 aliphatic heterocycles. The SMILES string of the molecule is Cc1ccc(S(=O)(=O)N2CCC[C@]34CCCC=C3c3ccc(C(F)(F)F)cc3[C@H]24)cc1. The van der Waals surface area contributed by atoms with Crippen molar-refractivity contribution in [2.45, 2.75) is 56.1 Å². The molecule has 31 heavy (non-hydrogen) atoms. The lowest BCUT2D eigenvalue weighted by atomic mass is 9.66. The number of aryl methyl sites for hydroxylation is 1. The van der Waals surface area contributed by atoms with Crippen molar-refractivity contribution in [2.75, 3.05) is 6.54 Å². The first-order valence-electron chi connectivity index (χ1n) is 10.7. The summed E-state index contributed by atoms with van der Waals surface area (Å²) in [4.78, 5) is 0.192. The predicted octanol–water partition coefficient (Wildman–Crippen LogP) is 6.11. The number of sulfonamides is 1. The fourth-order valence-corrected chi connectivity index (χ4v) is 7.50. The van der Waals surface area contributed by atoms with Gasteiger partial charge in [-0.05, 0) is 80.0 Å². The average Bonchev–Trinajstić information content (AvgIpc) is 3.03. The fraction of sp³-hybridized carbons (Fsp3) is 0.417. The lowest BCUT2D eigenvalue weighted by Gasteiger charge is -2.48. The van der Waals surface area contributed by atoms with E-state index in [4.69, 9.17) is 0 Å². The van der Waals surface area contributed by atoms with Gasteiger partial charge in [-0.15, -0.1) is 0 Å². The van der Waals surface area contributed by atoms with Crippen molar-refractivity contribution in [1.82, 2.24) is 4.31 Å². The van der Waals surface area contributed by atoms with Crippen LogP contribution in [0.2, 0.25) is 0 Å². The molecule has 2 aromatic rings. The summed E-state index contributed by atoms with van der Waals surface area (Å²) in [7, 11) is -3.85. The topological polar surface area (TPSA) is 37.4 Å². The maximum Gasteiger partial charge on any atom is 0.416 e. The van der Waals surface area contributed by atoms with Crippen molar-refractivity contribution in [1.29, 1.82) is 0 Å². The van der Waals surface area contributed by atoms with Gasteiger partial charge in [0.1, 0.15) is 0 Å². The number of hydrogen-bond donors (Lipinski definition) is 0. The summed E-state index contributed by atoms with van der Waals surface area (Å²) in [6.07, 6.45) is 1.71. The Morgan fingerprint density at radius 3 is 2.45 bits per heavy atom. The van der Waals surface area contributed by atoms with E-state index in [1.54, 1.807) is 30.3 Å². The van der Waals surface area contributed by atoms with Crippen LogP contribution in [0.5, 0.6) is 0 Å². The summed E-state index contributed by atoms with van der Waals surface area (Å²) >= 11 is 0. The fourth-order valence-electron chi connectivity index (χ4n) is 5.78. The van der Waals surface area contributed by atoms with Crippen LogP contribution in [0.15, 0.2) is 53.4 Å². The number of hydrogen-bond acceptors (Lipinski definition) is 2. The molecule has 0 bridgehead atoms. The number of benzene rings is 2. The second-order valence-electron chi connectivity index (χ2n) is 8.90. The first-order valence-corrected chi connectivity index (χ1v) is 12.1. The molecule has 1 heterocycles. The average molecular weight is 448 g/mol. The van der Waals surface area contributed by atoms with E-state index in [0.717, 1.165) is 48.4 Å². The molecule has 2 atom stereocenters. The Balaban J connectivity index is 1.71. The molecule has 3 nitrogen and oxygen atoms in total. The van der Waals surface area contributed by atoms with Crippen LogP contribution in [0.4, 0.5) is 13.2 Å². The molecular weight excluding hydrogens is 423 g/mol. The summed E-state index contributed by atoms with van der Waals surface area (Å²) < 4.78 is 69.5. The molecule has 0 radical (unpaired) electrons. The van der Waals surface area contributed by atoms with Crippen LogP contribution in [-0.2, 0) is 16.2 Å². The minimum absolute atomic E-state index is 0.192. The molecule has 2 aliphatic carbocycles. The third-order valence-corrected chi connectivity index (χ3v) is 8.99. The summed E-state index contributed by atoms with van der Waals surface area (Å²) in [5, 5.41) is 0. The Morgan fingerprint density at radius 2 is 1.74 bits per heavy atom. The third kappa shape index (κ3) is 3.08. The number of alkyl halides is 3. The van der Waals surface area contributed by atoms with Crippen molar-refractivity contribution >= 4 is 15.6 Å². The zero-order valence-corrected chi connectivity index (χ0v) is 18.1. The second kappa shape index (κ2) is 6.94. The largest absolute Gasteiger partial charge is 0.416 e. The second-order valence-corrected chi connectivity index (χ2v) is 10.8. The van der Waals surface area contributed by atoms with Crippen LogP contribution in [0.3, 0.4) is 0 Å². The molecule has 164 valence electrons. The molecule has 1 spiro atoms. The van der Waals surface area contributed by atoms with Gasteiger partial charge in [-0.3, -0.25) is 0 Å². The van der Waals surface area contributed by atoms with Crippen molar-refractivity contribution in [3.63, 3.8) is 0 Å². The van der Waals surface area contributed by atoms with Gasteiger partial charge in [0.25, 0.3) is 0 Å². The predicted molar refractivity (Wildman–Crippen MR) is 113 cm³/mol.